The number of pyridine rings is 1. The molecule has 2 aromatic heterocycles. The molecule has 0 aliphatic rings. The first-order valence-corrected chi connectivity index (χ1v) is 10.8. The van der Waals surface area contributed by atoms with Gasteiger partial charge in [-0.1, -0.05) is 55.8 Å². The van der Waals surface area contributed by atoms with E-state index in [0.29, 0.717) is 5.75 Å². The topological polar surface area (TPSA) is 50.9 Å². The van der Waals surface area contributed by atoms with Gasteiger partial charge in [-0.05, 0) is 66.3 Å². The lowest BCUT2D eigenvalue weighted by molar-refractivity contribution is -0.144. The number of carboxylic acid groups (broad SMARTS) is 1. The second-order valence-corrected chi connectivity index (χ2v) is 7.82. The van der Waals surface area contributed by atoms with Crippen molar-refractivity contribution in [2.24, 2.45) is 0 Å². The number of ether oxygens (including phenoxy) is 1. The van der Waals surface area contributed by atoms with Gasteiger partial charge >= 0.3 is 5.97 Å². The van der Waals surface area contributed by atoms with Crippen LogP contribution in [0.3, 0.4) is 0 Å². The van der Waals surface area contributed by atoms with Gasteiger partial charge in [-0.25, -0.2) is 4.79 Å². The van der Waals surface area contributed by atoms with Crippen LogP contribution in [-0.2, 0) is 11.2 Å². The summed E-state index contributed by atoms with van der Waals surface area (Å²) in [4.78, 5) is 11.0. The zero-order valence-electron chi connectivity index (χ0n) is 17.9. The average Bonchev–Trinajstić information content (AvgIpc) is 3.17. The first kappa shape index (κ1) is 20.7. The van der Waals surface area contributed by atoms with E-state index in [2.05, 4.69) is 66.2 Å². The van der Waals surface area contributed by atoms with Crippen LogP contribution >= 0.6 is 0 Å². The van der Waals surface area contributed by atoms with Gasteiger partial charge in [0.1, 0.15) is 5.75 Å². The Kier molecular flexibility index (Phi) is 6.08. The van der Waals surface area contributed by atoms with Crippen LogP contribution < -0.4 is 4.74 Å². The summed E-state index contributed by atoms with van der Waals surface area (Å²) in [6.07, 6.45) is 6.89. The number of aliphatic carboxylic acids is 1. The molecule has 1 unspecified atom stereocenters. The molecule has 2 aromatic carbocycles. The molecule has 0 radical (unpaired) electrons. The second kappa shape index (κ2) is 9.09. The van der Waals surface area contributed by atoms with E-state index >= 15 is 0 Å². The van der Waals surface area contributed by atoms with Gasteiger partial charge in [0.2, 0.25) is 0 Å². The molecular formula is C27H27NO3. The van der Waals surface area contributed by atoms with Crippen molar-refractivity contribution in [1.82, 2.24) is 4.40 Å². The fraction of sp³-hybridized carbons (Fsp3) is 0.222. The third-order valence-corrected chi connectivity index (χ3v) is 5.62. The SMILES string of the molecule is CCCCc1c(-c2ccc(-c3ccc(OC(C)C(=O)O)cc3)cc2)cn2ccccc12. The molecule has 4 heteroatoms. The van der Waals surface area contributed by atoms with Crippen molar-refractivity contribution in [3.63, 3.8) is 0 Å². The molecule has 0 saturated heterocycles. The number of aryl methyl sites for hydroxylation is 1. The van der Waals surface area contributed by atoms with Crippen molar-refractivity contribution in [2.75, 3.05) is 0 Å². The highest BCUT2D eigenvalue weighted by Gasteiger charge is 2.13. The van der Waals surface area contributed by atoms with Gasteiger partial charge in [0, 0.05) is 23.5 Å². The summed E-state index contributed by atoms with van der Waals surface area (Å²) in [5.74, 6) is -0.423. The quantitative estimate of drug-likeness (QED) is 0.360. The van der Waals surface area contributed by atoms with E-state index in [9.17, 15) is 4.79 Å². The largest absolute Gasteiger partial charge is 0.479 e. The Morgan fingerprint density at radius 1 is 0.968 bits per heavy atom. The smallest absolute Gasteiger partial charge is 0.344 e. The molecule has 4 rings (SSSR count). The summed E-state index contributed by atoms with van der Waals surface area (Å²) < 4.78 is 7.63. The number of carboxylic acids is 1. The Labute approximate surface area is 182 Å². The van der Waals surface area contributed by atoms with E-state index < -0.39 is 12.1 Å². The summed E-state index contributed by atoms with van der Waals surface area (Å²) in [6.45, 7) is 3.75. The monoisotopic (exact) mass is 413 g/mol. The fourth-order valence-corrected chi connectivity index (χ4v) is 3.87. The molecular weight excluding hydrogens is 386 g/mol. The number of rotatable bonds is 8. The molecule has 2 heterocycles. The Hall–Kier alpha value is -3.53. The maximum Gasteiger partial charge on any atom is 0.344 e. The molecule has 0 spiro atoms. The third kappa shape index (κ3) is 4.48. The number of unbranched alkanes of at least 4 members (excludes halogenated alkanes) is 1. The van der Waals surface area contributed by atoms with Crippen molar-refractivity contribution in [1.29, 1.82) is 0 Å². The van der Waals surface area contributed by atoms with Crippen LogP contribution in [0.25, 0.3) is 27.8 Å². The average molecular weight is 414 g/mol. The van der Waals surface area contributed by atoms with Crippen molar-refractivity contribution in [3.8, 4) is 28.0 Å². The van der Waals surface area contributed by atoms with Crippen molar-refractivity contribution in [2.45, 2.75) is 39.2 Å². The van der Waals surface area contributed by atoms with Crippen LogP contribution in [0, 0.1) is 0 Å². The standard InChI is InChI=1S/C27H27NO3/c1-3-4-7-24-25(18-28-17-6-5-8-26(24)28)22-11-9-20(10-12-22)21-13-15-23(16-14-21)31-19(2)27(29)30/h5-6,8-19H,3-4,7H2,1-2H3,(H,29,30). The summed E-state index contributed by atoms with van der Waals surface area (Å²) >= 11 is 0. The predicted octanol–water partition coefficient (Wildman–Crippen LogP) is 6.47. The molecule has 0 bridgehead atoms. The summed E-state index contributed by atoms with van der Waals surface area (Å²) in [5, 5.41) is 8.98. The molecule has 0 amide bonds. The molecule has 4 nitrogen and oxygen atoms in total. The van der Waals surface area contributed by atoms with Crippen molar-refractivity contribution in [3.05, 3.63) is 84.7 Å². The minimum atomic E-state index is -0.976. The predicted molar refractivity (Wildman–Crippen MR) is 125 cm³/mol. The summed E-state index contributed by atoms with van der Waals surface area (Å²) in [5.41, 5.74) is 7.37. The molecule has 0 aliphatic carbocycles. The first-order chi connectivity index (χ1) is 15.1. The maximum atomic E-state index is 11.0. The highest BCUT2D eigenvalue weighted by molar-refractivity contribution is 5.78. The minimum absolute atomic E-state index is 0.552. The molecule has 0 aliphatic heterocycles. The number of fused-ring (bicyclic) bond motifs is 1. The summed E-state index contributed by atoms with van der Waals surface area (Å²) in [7, 11) is 0. The van der Waals surface area contributed by atoms with Gasteiger partial charge in [0.15, 0.2) is 6.10 Å². The first-order valence-electron chi connectivity index (χ1n) is 10.8. The van der Waals surface area contributed by atoms with Crippen LogP contribution in [-0.4, -0.2) is 21.6 Å². The maximum absolute atomic E-state index is 11.0. The third-order valence-electron chi connectivity index (χ3n) is 5.62. The highest BCUT2D eigenvalue weighted by Crippen LogP contribution is 2.32. The normalized spacial score (nSPS) is 12.1. The second-order valence-electron chi connectivity index (χ2n) is 7.82. The van der Waals surface area contributed by atoms with Crippen LogP contribution in [0.1, 0.15) is 32.3 Å². The zero-order valence-corrected chi connectivity index (χ0v) is 17.9. The van der Waals surface area contributed by atoms with Crippen molar-refractivity contribution >= 4 is 11.5 Å². The fourth-order valence-electron chi connectivity index (χ4n) is 3.87. The molecule has 4 aromatic rings. The molecule has 1 N–H and O–H groups in total. The Morgan fingerprint density at radius 3 is 2.26 bits per heavy atom. The Morgan fingerprint density at radius 2 is 1.61 bits per heavy atom. The van der Waals surface area contributed by atoms with E-state index in [1.54, 1.807) is 0 Å². The van der Waals surface area contributed by atoms with Crippen molar-refractivity contribution < 1.29 is 14.6 Å². The summed E-state index contributed by atoms with van der Waals surface area (Å²) in [6, 6.07) is 22.5. The van der Waals surface area contributed by atoms with E-state index in [0.717, 1.165) is 17.5 Å². The van der Waals surface area contributed by atoms with Crippen LogP contribution in [0.2, 0.25) is 0 Å². The van der Waals surface area contributed by atoms with Crippen LogP contribution in [0.15, 0.2) is 79.1 Å². The number of hydrogen-bond donors (Lipinski definition) is 1. The van der Waals surface area contributed by atoms with E-state index in [-0.39, 0.29) is 0 Å². The lowest BCUT2D eigenvalue weighted by Gasteiger charge is -2.11. The lowest BCUT2D eigenvalue weighted by Crippen LogP contribution is -2.22. The van der Waals surface area contributed by atoms with Crippen LogP contribution in [0.5, 0.6) is 5.75 Å². The van der Waals surface area contributed by atoms with Gasteiger partial charge in [-0.2, -0.15) is 0 Å². The molecule has 1 atom stereocenters. The number of hydrogen-bond acceptors (Lipinski definition) is 2. The molecule has 0 saturated carbocycles. The highest BCUT2D eigenvalue weighted by atomic mass is 16.5. The van der Waals surface area contributed by atoms with E-state index in [1.807, 2.05) is 24.3 Å². The van der Waals surface area contributed by atoms with E-state index in [4.69, 9.17) is 9.84 Å². The van der Waals surface area contributed by atoms with Gasteiger partial charge in [-0.15, -0.1) is 0 Å². The number of benzene rings is 2. The Bertz CT molecular complexity index is 1170. The van der Waals surface area contributed by atoms with Gasteiger partial charge in [-0.3, -0.25) is 0 Å². The zero-order chi connectivity index (χ0) is 21.8. The van der Waals surface area contributed by atoms with Gasteiger partial charge < -0.3 is 14.2 Å². The number of carbonyl (C=O) groups is 1. The minimum Gasteiger partial charge on any atom is -0.479 e. The number of nitrogens with zero attached hydrogens (tertiary/aromatic N) is 1. The molecule has 158 valence electrons. The van der Waals surface area contributed by atoms with E-state index in [1.165, 1.54) is 42.0 Å². The molecule has 31 heavy (non-hydrogen) atoms. The van der Waals surface area contributed by atoms with Gasteiger partial charge in [0.25, 0.3) is 0 Å². The molecule has 0 fully saturated rings. The van der Waals surface area contributed by atoms with Crippen LogP contribution in [0.4, 0.5) is 0 Å². The Balaban J connectivity index is 1.59. The lowest BCUT2D eigenvalue weighted by atomic mass is 9.97. The van der Waals surface area contributed by atoms with Gasteiger partial charge in [0.05, 0.1) is 0 Å². The number of aromatic nitrogens is 1.